The van der Waals surface area contributed by atoms with Crippen LogP contribution < -0.4 is 0 Å². The SMILES string of the molecule is Cc1ccc(-c2cnc3cccnn23)cc1C. The van der Waals surface area contributed by atoms with Crippen molar-refractivity contribution in [1.82, 2.24) is 14.6 Å². The fraction of sp³-hybridized carbons (Fsp3) is 0.143. The molecule has 3 heteroatoms. The summed E-state index contributed by atoms with van der Waals surface area (Å²) in [6.07, 6.45) is 3.64. The van der Waals surface area contributed by atoms with E-state index < -0.39 is 0 Å². The standard InChI is InChI=1S/C14H13N3/c1-10-5-6-12(8-11(10)2)13-9-15-14-4-3-7-16-17(13)14/h3-9H,1-2H3. The van der Waals surface area contributed by atoms with Gasteiger partial charge >= 0.3 is 0 Å². The molecule has 0 saturated carbocycles. The largest absolute Gasteiger partial charge is 0.235 e. The van der Waals surface area contributed by atoms with Gasteiger partial charge in [0.2, 0.25) is 0 Å². The third-order valence-corrected chi connectivity index (χ3v) is 3.08. The quantitative estimate of drug-likeness (QED) is 0.634. The molecule has 0 radical (unpaired) electrons. The van der Waals surface area contributed by atoms with E-state index >= 15 is 0 Å². The Bertz CT molecular complexity index is 683. The molecule has 0 amide bonds. The fourth-order valence-corrected chi connectivity index (χ4v) is 1.93. The Morgan fingerprint density at radius 1 is 1.06 bits per heavy atom. The molecular weight excluding hydrogens is 210 g/mol. The molecule has 0 fully saturated rings. The van der Waals surface area contributed by atoms with E-state index in [2.05, 4.69) is 42.1 Å². The average molecular weight is 223 g/mol. The highest BCUT2D eigenvalue weighted by molar-refractivity contribution is 5.64. The Labute approximate surface area is 99.7 Å². The molecule has 3 aromatic rings. The lowest BCUT2D eigenvalue weighted by molar-refractivity contribution is 0.942. The summed E-state index contributed by atoms with van der Waals surface area (Å²) < 4.78 is 1.87. The highest BCUT2D eigenvalue weighted by Gasteiger charge is 2.06. The van der Waals surface area contributed by atoms with Crippen molar-refractivity contribution in [3.8, 4) is 11.3 Å². The summed E-state index contributed by atoms with van der Waals surface area (Å²) in [6.45, 7) is 4.24. The summed E-state index contributed by atoms with van der Waals surface area (Å²) in [5.41, 5.74) is 5.65. The molecule has 3 rings (SSSR count). The number of benzene rings is 1. The lowest BCUT2D eigenvalue weighted by Gasteiger charge is -2.04. The van der Waals surface area contributed by atoms with Gasteiger partial charge in [0.25, 0.3) is 0 Å². The minimum absolute atomic E-state index is 0.876. The van der Waals surface area contributed by atoms with E-state index in [1.807, 2.05) is 22.8 Å². The maximum Gasteiger partial charge on any atom is 0.154 e. The molecule has 2 heterocycles. The second-order valence-corrected chi connectivity index (χ2v) is 4.24. The molecule has 0 bridgehead atoms. The van der Waals surface area contributed by atoms with E-state index in [1.54, 1.807) is 6.20 Å². The first-order chi connectivity index (χ1) is 8.25. The van der Waals surface area contributed by atoms with Gasteiger partial charge in [0.15, 0.2) is 5.65 Å². The van der Waals surface area contributed by atoms with Gasteiger partial charge in [0, 0.05) is 11.8 Å². The van der Waals surface area contributed by atoms with Gasteiger partial charge in [-0.1, -0.05) is 12.1 Å². The third-order valence-electron chi connectivity index (χ3n) is 3.08. The molecule has 0 aliphatic rings. The molecule has 0 atom stereocenters. The molecule has 0 N–H and O–H groups in total. The van der Waals surface area contributed by atoms with Gasteiger partial charge in [0.1, 0.15) is 0 Å². The number of rotatable bonds is 1. The molecule has 0 saturated heterocycles. The second kappa shape index (κ2) is 3.70. The van der Waals surface area contributed by atoms with Crippen LogP contribution in [-0.2, 0) is 0 Å². The smallest absolute Gasteiger partial charge is 0.154 e. The zero-order valence-corrected chi connectivity index (χ0v) is 9.88. The van der Waals surface area contributed by atoms with Crippen molar-refractivity contribution in [2.45, 2.75) is 13.8 Å². The molecule has 84 valence electrons. The highest BCUT2D eigenvalue weighted by Crippen LogP contribution is 2.22. The Morgan fingerprint density at radius 3 is 2.76 bits per heavy atom. The monoisotopic (exact) mass is 223 g/mol. The van der Waals surface area contributed by atoms with Crippen LogP contribution in [0.4, 0.5) is 0 Å². The fourth-order valence-electron chi connectivity index (χ4n) is 1.93. The van der Waals surface area contributed by atoms with Crippen LogP contribution in [-0.4, -0.2) is 14.6 Å². The topological polar surface area (TPSA) is 30.2 Å². The number of hydrogen-bond acceptors (Lipinski definition) is 2. The van der Waals surface area contributed by atoms with Crippen molar-refractivity contribution in [2.75, 3.05) is 0 Å². The van der Waals surface area contributed by atoms with E-state index in [-0.39, 0.29) is 0 Å². The minimum atomic E-state index is 0.876. The third kappa shape index (κ3) is 1.60. The van der Waals surface area contributed by atoms with Crippen molar-refractivity contribution in [3.05, 3.63) is 53.9 Å². The molecule has 3 nitrogen and oxygen atoms in total. The molecule has 2 aromatic heterocycles. The molecule has 0 unspecified atom stereocenters. The molecule has 0 aliphatic heterocycles. The first-order valence-corrected chi connectivity index (χ1v) is 5.62. The van der Waals surface area contributed by atoms with Crippen LogP contribution in [0.2, 0.25) is 0 Å². The predicted octanol–water partition coefficient (Wildman–Crippen LogP) is 3.01. The van der Waals surface area contributed by atoms with Crippen LogP contribution in [0.5, 0.6) is 0 Å². The zero-order chi connectivity index (χ0) is 11.8. The molecule has 17 heavy (non-hydrogen) atoms. The Kier molecular flexibility index (Phi) is 2.18. The summed E-state index contributed by atoms with van der Waals surface area (Å²) in [7, 11) is 0. The van der Waals surface area contributed by atoms with Gasteiger partial charge in [-0.2, -0.15) is 5.10 Å². The second-order valence-electron chi connectivity index (χ2n) is 4.24. The average Bonchev–Trinajstić information content (AvgIpc) is 2.76. The number of imidazole rings is 1. The van der Waals surface area contributed by atoms with Crippen molar-refractivity contribution in [1.29, 1.82) is 0 Å². The van der Waals surface area contributed by atoms with Crippen LogP contribution in [0, 0.1) is 13.8 Å². The van der Waals surface area contributed by atoms with Gasteiger partial charge in [-0.15, -0.1) is 0 Å². The normalized spacial score (nSPS) is 10.9. The van der Waals surface area contributed by atoms with Crippen molar-refractivity contribution in [3.63, 3.8) is 0 Å². The lowest BCUT2D eigenvalue weighted by Crippen LogP contribution is -1.93. The summed E-state index contributed by atoms with van der Waals surface area (Å²) >= 11 is 0. The molecule has 0 spiro atoms. The number of nitrogens with zero attached hydrogens (tertiary/aromatic N) is 3. The Hall–Kier alpha value is -2.16. The summed E-state index contributed by atoms with van der Waals surface area (Å²) in [4.78, 5) is 4.35. The van der Waals surface area contributed by atoms with Gasteiger partial charge in [-0.25, -0.2) is 9.50 Å². The van der Waals surface area contributed by atoms with Crippen LogP contribution in [0.15, 0.2) is 42.7 Å². The van der Waals surface area contributed by atoms with E-state index in [0.29, 0.717) is 0 Å². The predicted molar refractivity (Wildman–Crippen MR) is 67.9 cm³/mol. The van der Waals surface area contributed by atoms with Gasteiger partial charge in [-0.05, 0) is 43.2 Å². The Morgan fingerprint density at radius 2 is 1.94 bits per heavy atom. The highest BCUT2D eigenvalue weighted by atomic mass is 15.2. The van der Waals surface area contributed by atoms with Crippen LogP contribution in [0.1, 0.15) is 11.1 Å². The van der Waals surface area contributed by atoms with E-state index in [1.165, 1.54) is 11.1 Å². The number of hydrogen-bond donors (Lipinski definition) is 0. The van der Waals surface area contributed by atoms with Gasteiger partial charge in [0.05, 0.1) is 11.9 Å². The lowest BCUT2D eigenvalue weighted by atomic mass is 10.0. The van der Waals surface area contributed by atoms with E-state index in [9.17, 15) is 0 Å². The molecule has 1 aromatic carbocycles. The number of aryl methyl sites for hydroxylation is 2. The van der Waals surface area contributed by atoms with Crippen LogP contribution in [0.3, 0.4) is 0 Å². The zero-order valence-electron chi connectivity index (χ0n) is 9.88. The van der Waals surface area contributed by atoms with Crippen molar-refractivity contribution < 1.29 is 0 Å². The number of aromatic nitrogens is 3. The van der Waals surface area contributed by atoms with Crippen LogP contribution in [0.25, 0.3) is 16.9 Å². The Balaban J connectivity index is 2.24. The van der Waals surface area contributed by atoms with E-state index in [4.69, 9.17) is 0 Å². The maximum atomic E-state index is 4.35. The van der Waals surface area contributed by atoms with Gasteiger partial charge < -0.3 is 0 Å². The minimum Gasteiger partial charge on any atom is -0.235 e. The number of fused-ring (bicyclic) bond motifs is 1. The van der Waals surface area contributed by atoms with Crippen molar-refractivity contribution >= 4 is 5.65 Å². The molecular formula is C14H13N3. The summed E-state index contributed by atoms with van der Waals surface area (Å²) in [5.74, 6) is 0. The summed E-state index contributed by atoms with van der Waals surface area (Å²) in [5, 5.41) is 4.32. The van der Waals surface area contributed by atoms with Crippen LogP contribution >= 0.6 is 0 Å². The van der Waals surface area contributed by atoms with Crippen molar-refractivity contribution in [2.24, 2.45) is 0 Å². The first kappa shape index (κ1) is 10.0. The summed E-state index contributed by atoms with van der Waals surface area (Å²) in [6, 6.07) is 10.3. The van der Waals surface area contributed by atoms with Gasteiger partial charge in [-0.3, -0.25) is 0 Å². The van der Waals surface area contributed by atoms with E-state index in [0.717, 1.165) is 16.9 Å². The maximum absolute atomic E-state index is 4.35. The first-order valence-electron chi connectivity index (χ1n) is 5.62. The molecule has 0 aliphatic carbocycles.